The van der Waals surface area contributed by atoms with E-state index >= 15 is 0 Å². The molecule has 2 fully saturated rings. The van der Waals surface area contributed by atoms with E-state index in [2.05, 4.69) is 15.4 Å². The predicted molar refractivity (Wildman–Crippen MR) is 102 cm³/mol. The van der Waals surface area contributed by atoms with Gasteiger partial charge in [0, 0.05) is 0 Å². The zero-order valence-electron chi connectivity index (χ0n) is 16.9. The van der Waals surface area contributed by atoms with Crippen LogP contribution in [0, 0.1) is 11.3 Å². The molecule has 1 saturated heterocycles. The van der Waals surface area contributed by atoms with Crippen molar-refractivity contribution in [2.45, 2.75) is 51.9 Å². The number of ether oxygens (including phenoxy) is 1. The molecule has 30 heavy (non-hydrogen) atoms. The van der Waals surface area contributed by atoms with E-state index in [1.54, 1.807) is 0 Å². The van der Waals surface area contributed by atoms with Crippen molar-refractivity contribution in [1.82, 2.24) is 10.2 Å². The molecule has 2 aliphatic rings. The average Bonchev–Trinajstić information content (AvgIpc) is 2.77. The normalized spacial score (nSPS) is 25.9. The van der Waals surface area contributed by atoms with E-state index in [0.29, 0.717) is 12.8 Å². The van der Waals surface area contributed by atoms with Crippen LogP contribution in [0.1, 0.15) is 40.0 Å². The van der Waals surface area contributed by atoms with Gasteiger partial charge in [-0.2, -0.15) is 0 Å². The Morgan fingerprint density at radius 1 is 1.27 bits per heavy atom. The molecule has 2 N–H and O–H groups in total. The van der Waals surface area contributed by atoms with Gasteiger partial charge in [0.1, 0.15) is 12.1 Å². The van der Waals surface area contributed by atoms with Crippen LogP contribution in [-0.4, -0.2) is 41.2 Å². The Morgan fingerprint density at radius 2 is 1.93 bits per heavy atom. The third-order valence-corrected chi connectivity index (χ3v) is 5.31. The second-order valence-electron chi connectivity index (χ2n) is 8.85. The van der Waals surface area contributed by atoms with E-state index in [0.717, 1.165) is 17.4 Å². The van der Waals surface area contributed by atoms with E-state index in [4.69, 9.17) is 0 Å². The van der Waals surface area contributed by atoms with Crippen LogP contribution in [0.25, 0.3) is 0 Å². The lowest BCUT2D eigenvalue weighted by atomic mass is 9.64. The summed E-state index contributed by atoms with van der Waals surface area (Å²) in [4.78, 5) is 38.8. The maximum Gasteiger partial charge on any atom is 0.573 e. The summed E-state index contributed by atoms with van der Waals surface area (Å²) in [6, 6.07) is 4.35. The smallest absolute Gasteiger partial charge is 0.404 e. The Labute approximate surface area is 171 Å². The number of hydrogen-bond acceptors (Lipinski definition) is 4. The summed E-state index contributed by atoms with van der Waals surface area (Å²) < 4.78 is 41.5. The molecule has 164 valence electrons. The second-order valence-corrected chi connectivity index (χ2v) is 8.85. The van der Waals surface area contributed by atoms with Crippen LogP contribution < -0.4 is 15.4 Å². The summed E-state index contributed by atoms with van der Waals surface area (Å²) in [5, 5.41) is 5.03. The Bertz CT molecular complexity index is 871. The molecule has 1 spiro atoms. The molecule has 3 rings (SSSR count). The third-order valence-electron chi connectivity index (χ3n) is 5.31. The first-order chi connectivity index (χ1) is 13.8. The van der Waals surface area contributed by atoms with Crippen LogP contribution >= 0.6 is 0 Å². The van der Waals surface area contributed by atoms with Crippen LogP contribution in [0.5, 0.6) is 5.75 Å². The van der Waals surface area contributed by atoms with Gasteiger partial charge in [-0.25, -0.2) is 4.79 Å². The van der Waals surface area contributed by atoms with Gasteiger partial charge < -0.3 is 15.4 Å². The average molecular weight is 427 g/mol. The van der Waals surface area contributed by atoms with E-state index in [1.165, 1.54) is 18.2 Å². The highest BCUT2D eigenvalue weighted by Gasteiger charge is 2.56. The summed E-state index contributed by atoms with van der Waals surface area (Å²) in [7, 11) is 0. The number of urea groups is 1. The zero-order chi connectivity index (χ0) is 22.3. The van der Waals surface area contributed by atoms with Gasteiger partial charge in [0.05, 0.1) is 5.69 Å². The molecule has 1 aromatic rings. The first kappa shape index (κ1) is 21.9. The maximum atomic E-state index is 13.1. The Morgan fingerprint density at radius 3 is 2.57 bits per heavy atom. The third kappa shape index (κ3) is 4.68. The molecule has 1 aliphatic carbocycles. The molecule has 4 amide bonds. The van der Waals surface area contributed by atoms with Gasteiger partial charge in [0.2, 0.25) is 5.91 Å². The molecular weight excluding hydrogens is 403 g/mol. The van der Waals surface area contributed by atoms with Gasteiger partial charge in [-0.1, -0.05) is 32.9 Å². The van der Waals surface area contributed by atoms with E-state index in [9.17, 15) is 27.6 Å². The van der Waals surface area contributed by atoms with Crippen LogP contribution in [-0.2, 0) is 9.59 Å². The van der Waals surface area contributed by atoms with Crippen molar-refractivity contribution in [3.05, 3.63) is 24.3 Å². The molecule has 1 aliphatic heterocycles. The topological polar surface area (TPSA) is 87.7 Å². The predicted octanol–water partition coefficient (Wildman–Crippen LogP) is 3.66. The number of halogens is 3. The maximum absolute atomic E-state index is 13.1. The van der Waals surface area contributed by atoms with Crippen LogP contribution in [0.4, 0.5) is 23.7 Å². The lowest BCUT2D eigenvalue weighted by Crippen LogP contribution is -2.54. The number of para-hydroxylation sites is 2. The highest BCUT2D eigenvalue weighted by Crippen LogP contribution is 2.46. The largest absolute Gasteiger partial charge is 0.573 e. The highest BCUT2D eigenvalue weighted by molar-refractivity contribution is 6.10. The van der Waals surface area contributed by atoms with Gasteiger partial charge in [0.15, 0.2) is 5.75 Å². The number of carbonyl (C=O) groups is 3. The fraction of sp³-hybridized carbons (Fsp3) is 0.550. The van der Waals surface area contributed by atoms with E-state index < -0.39 is 42.0 Å². The van der Waals surface area contributed by atoms with Crippen molar-refractivity contribution in [3.63, 3.8) is 0 Å². The SMILES string of the molecule is C[C@H]1CC(C)(C)C[C@]2(C1)NC(=O)N(CC(=O)Nc1ccccc1OC(F)(F)F)C2=O. The quantitative estimate of drug-likeness (QED) is 0.718. The van der Waals surface area contributed by atoms with Crippen molar-refractivity contribution in [3.8, 4) is 5.75 Å². The minimum absolute atomic E-state index is 0.160. The van der Waals surface area contributed by atoms with E-state index in [-0.39, 0.29) is 17.0 Å². The first-order valence-corrected chi connectivity index (χ1v) is 9.59. The van der Waals surface area contributed by atoms with Crippen LogP contribution in [0.15, 0.2) is 24.3 Å². The minimum Gasteiger partial charge on any atom is -0.404 e. The fourth-order valence-electron chi connectivity index (χ4n) is 4.77. The van der Waals surface area contributed by atoms with Gasteiger partial charge >= 0.3 is 12.4 Å². The number of amides is 4. The molecule has 0 bridgehead atoms. The molecule has 0 unspecified atom stereocenters. The van der Waals surface area contributed by atoms with E-state index in [1.807, 2.05) is 20.8 Å². The number of nitrogens with zero attached hydrogens (tertiary/aromatic N) is 1. The Kier molecular flexibility index (Phi) is 5.46. The number of rotatable bonds is 4. The second kappa shape index (κ2) is 7.48. The number of alkyl halides is 3. The van der Waals surface area contributed by atoms with Crippen molar-refractivity contribution in [2.75, 3.05) is 11.9 Å². The lowest BCUT2D eigenvalue weighted by molar-refractivity contribution is -0.274. The van der Waals surface area contributed by atoms with Crippen LogP contribution in [0.2, 0.25) is 0 Å². The molecule has 2 atom stereocenters. The number of benzene rings is 1. The highest BCUT2D eigenvalue weighted by atomic mass is 19.4. The fourth-order valence-corrected chi connectivity index (χ4v) is 4.77. The molecule has 1 heterocycles. The van der Waals surface area contributed by atoms with Gasteiger partial charge in [-0.15, -0.1) is 13.2 Å². The lowest BCUT2D eigenvalue weighted by Gasteiger charge is -2.43. The number of hydrogen-bond donors (Lipinski definition) is 2. The molecule has 0 aromatic heterocycles. The van der Waals surface area contributed by atoms with Crippen molar-refractivity contribution in [2.24, 2.45) is 11.3 Å². The minimum atomic E-state index is -4.93. The molecule has 7 nitrogen and oxygen atoms in total. The molecular formula is C20H24F3N3O4. The summed E-state index contributed by atoms with van der Waals surface area (Å²) in [5.41, 5.74) is -1.43. The zero-order valence-corrected chi connectivity index (χ0v) is 16.9. The summed E-state index contributed by atoms with van der Waals surface area (Å²) in [5.74, 6) is -1.67. The Hall–Kier alpha value is -2.78. The summed E-state index contributed by atoms with van der Waals surface area (Å²) in [6.45, 7) is 5.45. The molecule has 1 saturated carbocycles. The number of imide groups is 1. The summed E-state index contributed by atoms with van der Waals surface area (Å²) >= 11 is 0. The van der Waals surface area contributed by atoms with Crippen LogP contribution in [0.3, 0.4) is 0 Å². The standard InChI is InChI=1S/C20H24F3N3O4/c1-12-8-18(2,3)11-19(9-12)16(28)26(17(29)25-19)10-15(27)24-13-6-4-5-7-14(13)30-20(21,22)23/h4-7,12H,8-11H2,1-3H3,(H,24,27)(H,25,29)/t12-,19-/m0/s1. The first-order valence-electron chi connectivity index (χ1n) is 9.59. The molecule has 1 aromatic carbocycles. The van der Waals surface area contributed by atoms with Crippen molar-refractivity contribution >= 4 is 23.5 Å². The molecule has 0 radical (unpaired) electrons. The number of anilines is 1. The van der Waals surface area contributed by atoms with Gasteiger partial charge in [-0.05, 0) is 42.7 Å². The Balaban J connectivity index is 1.72. The van der Waals surface area contributed by atoms with Crippen molar-refractivity contribution in [1.29, 1.82) is 0 Å². The monoisotopic (exact) mass is 427 g/mol. The number of carbonyl (C=O) groups excluding carboxylic acids is 3. The summed E-state index contributed by atoms with van der Waals surface area (Å²) in [6.07, 6.45) is -3.09. The molecule has 10 heteroatoms. The van der Waals surface area contributed by atoms with Gasteiger partial charge in [-0.3, -0.25) is 14.5 Å². The van der Waals surface area contributed by atoms with Crippen molar-refractivity contribution < 1.29 is 32.3 Å². The number of nitrogens with one attached hydrogen (secondary N) is 2. The van der Waals surface area contributed by atoms with Gasteiger partial charge in [0.25, 0.3) is 5.91 Å².